The van der Waals surface area contributed by atoms with E-state index in [1.54, 1.807) is 7.11 Å². The highest BCUT2D eigenvalue weighted by Crippen LogP contribution is 2.24. The van der Waals surface area contributed by atoms with Crippen LogP contribution < -0.4 is 0 Å². The Morgan fingerprint density at radius 2 is 1.74 bits per heavy atom. The Hall–Kier alpha value is -1.86. The van der Waals surface area contributed by atoms with Crippen molar-refractivity contribution in [3.8, 4) is 0 Å². The number of ether oxygens (including phenoxy) is 1. The van der Waals surface area contributed by atoms with E-state index in [-0.39, 0.29) is 0 Å². The minimum Gasteiger partial charge on any atom is -0.384 e. The highest BCUT2D eigenvalue weighted by molar-refractivity contribution is 5.78. The molecule has 0 aliphatic heterocycles. The number of rotatable bonds is 5. The predicted octanol–water partition coefficient (Wildman–Crippen LogP) is 4.50. The van der Waals surface area contributed by atoms with Gasteiger partial charge in [-0.05, 0) is 22.3 Å². The van der Waals surface area contributed by atoms with Crippen LogP contribution in [0.1, 0.15) is 29.5 Å². The maximum absolute atomic E-state index is 5.22. The molecule has 1 nitrogen and oxygen atoms in total. The average molecular weight is 252 g/mol. The Balaban J connectivity index is 2.26. The summed E-state index contributed by atoms with van der Waals surface area (Å²) in [6.07, 6.45) is 0. The highest BCUT2D eigenvalue weighted by atomic mass is 16.5. The van der Waals surface area contributed by atoms with Gasteiger partial charge in [0.15, 0.2) is 0 Å². The molecule has 1 unspecified atom stereocenters. The van der Waals surface area contributed by atoms with Crippen molar-refractivity contribution in [2.75, 3.05) is 13.7 Å². The van der Waals surface area contributed by atoms with Gasteiger partial charge in [-0.15, -0.1) is 0 Å². The van der Waals surface area contributed by atoms with Crippen LogP contribution in [-0.4, -0.2) is 13.7 Å². The fourth-order valence-electron chi connectivity index (χ4n) is 2.19. The van der Waals surface area contributed by atoms with Crippen molar-refractivity contribution >= 4 is 5.57 Å². The van der Waals surface area contributed by atoms with Crippen LogP contribution in [0.15, 0.2) is 61.2 Å². The summed E-state index contributed by atoms with van der Waals surface area (Å²) in [5.41, 5.74) is 4.69. The molecule has 1 heteroatoms. The summed E-state index contributed by atoms with van der Waals surface area (Å²) in [6, 6.07) is 18.8. The monoisotopic (exact) mass is 252 g/mol. The zero-order chi connectivity index (χ0) is 13.7. The van der Waals surface area contributed by atoms with Crippen molar-refractivity contribution in [2.24, 2.45) is 0 Å². The summed E-state index contributed by atoms with van der Waals surface area (Å²) in [5.74, 6) is 0.397. The van der Waals surface area contributed by atoms with Gasteiger partial charge in [0.1, 0.15) is 0 Å². The first-order valence-corrected chi connectivity index (χ1v) is 6.56. The number of methoxy groups -OCH3 is 1. The van der Waals surface area contributed by atoms with Crippen LogP contribution in [0.2, 0.25) is 0 Å². The van der Waals surface area contributed by atoms with E-state index in [0.29, 0.717) is 5.92 Å². The first-order valence-electron chi connectivity index (χ1n) is 6.56. The van der Waals surface area contributed by atoms with E-state index in [4.69, 9.17) is 4.74 Å². The Labute approximate surface area is 115 Å². The maximum atomic E-state index is 5.22. The molecule has 0 bridgehead atoms. The highest BCUT2D eigenvalue weighted by Gasteiger charge is 2.07. The Morgan fingerprint density at radius 1 is 1.05 bits per heavy atom. The summed E-state index contributed by atoms with van der Waals surface area (Å²) in [4.78, 5) is 0. The molecule has 1 atom stereocenters. The summed E-state index contributed by atoms with van der Waals surface area (Å²) in [7, 11) is 1.74. The molecule has 0 aliphatic carbocycles. The standard InChI is InChI=1S/C18H20O/c1-14(13-19-3)17-10-7-11-18(12-17)15(2)16-8-5-4-6-9-16/h4-12,14H,2,13H2,1,3H3. The van der Waals surface area contributed by atoms with Crippen molar-refractivity contribution in [3.63, 3.8) is 0 Å². The Morgan fingerprint density at radius 3 is 2.42 bits per heavy atom. The summed E-state index contributed by atoms with van der Waals surface area (Å²) < 4.78 is 5.22. The lowest BCUT2D eigenvalue weighted by Crippen LogP contribution is -2.02. The lowest BCUT2D eigenvalue weighted by Gasteiger charge is -2.13. The van der Waals surface area contributed by atoms with Crippen molar-refractivity contribution in [1.82, 2.24) is 0 Å². The molecule has 2 aromatic carbocycles. The van der Waals surface area contributed by atoms with Crippen molar-refractivity contribution < 1.29 is 4.74 Å². The summed E-state index contributed by atoms with van der Waals surface area (Å²) in [6.45, 7) is 7.12. The van der Waals surface area contributed by atoms with Gasteiger partial charge in [0.25, 0.3) is 0 Å². The molecular weight excluding hydrogens is 232 g/mol. The molecule has 0 fully saturated rings. The molecule has 0 heterocycles. The van der Waals surface area contributed by atoms with Gasteiger partial charge in [-0.1, -0.05) is 68.1 Å². The molecular formula is C18H20O. The zero-order valence-corrected chi connectivity index (χ0v) is 11.6. The fourth-order valence-corrected chi connectivity index (χ4v) is 2.19. The molecule has 0 aliphatic rings. The summed E-state index contributed by atoms with van der Waals surface area (Å²) in [5, 5.41) is 0. The molecule has 0 N–H and O–H groups in total. The van der Waals surface area contributed by atoms with E-state index in [2.05, 4.69) is 49.9 Å². The van der Waals surface area contributed by atoms with E-state index in [0.717, 1.165) is 12.2 Å². The molecule has 0 aromatic heterocycles. The predicted molar refractivity (Wildman–Crippen MR) is 81.3 cm³/mol. The Bertz CT molecular complexity index is 543. The van der Waals surface area contributed by atoms with Gasteiger partial charge in [-0.25, -0.2) is 0 Å². The fraction of sp³-hybridized carbons (Fsp3) is 0.222. The van der Waals surface area contributed by atoms with Crippen LogP contribution in [-0.2, 0) is 4.74 Å². The van der Waals surface area contributed by atoms with Crippen LogP contribution >= 0.6 is 0 Å². The van der Waals surface area contributed by atoms with E-state index in [1.165, 1.54) is 16.7 Å². The summed E-state index contributed by atoms with van der Waals surface area (Å²) >= 11 is 0. The molecule has 2 aromatic rings. The second-order valence-corrected chi connectivity index (χ2v) is 4.83. The van der Waals surface area contributed by atoms with Gasteiger partial charge < -0.3 is 4.74 Å². The lowest BCUT2D eigenvalue weighted by atomic mass is 9.94. The van der Waals surface area contributed by atoms with Crippen molar-refractivity contribution in [3.05, 3.63) is 77.9 Å². The molecule has 0 amide bonds. The quantitative estimate of drug-likeness (QED) is 0.761. The number of hydrogen-bond acceptors (Lipinski definition) is 1. The first kappa shape index (κ1) is 13.6. The second-order valence-electron chi connectivity index (χ2n) is 4.83. The largest absolute Gasteiger partial charge is 0.384 e. The third-order valence-corrected chi connectivity index (χ3v) is 3.34. The maximum Gasteiger partial charge on any atom is 0.0528 e. The van der Waals surface area contributed by atoms with E-state index in [1.807, 2.05) is 18.2 Å². The topological polar surface area (TPSA) is 9.23 Å². The Kier molecular flexibility index (Phi) is 4.53. The van der Waals surface area contributed by atoms with Crippen LogP contribution in [0.5, 0.6) is 0 Å². The zero-order valence-electron chi connectivity index (χ0n) is 11.6. The van der Waals surface area contributed by atoms with E-state index in [9.17, 15) is 0 Å². The normalized spacial score (nSPS) is 12.1. The third-order valence-electron chi connectivity index (χ3n) is 3.34. The smallest absolute Gasteiger partial charge is 0.0528 e. The van der Waals surface area contributed by atoms with Crippen LogP contribution in [0.4, 0.5) is 0 Å². The lowest BCUT2D eigenvalue weighted by molar-refractivity contribution is 0.184. The molecule has 0 saturated carbocycles. The van der Waals surface area contributed by atoms with Crippen molar-refractivity contribution in [2.45, 2.75) is 12.8 Å². The third kappa shape index (κ3) is 3.33. The van der Waals surface area contributed by atoms with Gasteiger partial charge in [0.2, 0.25) is 0 Å². The van der Waals surface area contributed by atoms with Gasteiger partial charge >= 0.3 is 0 Å². The van der Waals surface area contributed by atoms with E-state index >= 15 is 0 Å². The average Bonchev–Trinajstić information content (AvgIpc) is 2.48. The number of benzene rings is 2. The molecule has 19 heavy (non-hydrogen) atoms. The van der Waals surface area contributed by atoms with Crippen LogP contribution in [0.25, 0.3) is 5.57 Å². The van der Waals surface area contributed by atoms with Gasteiger partial charge in [0, 0.05) is 13.0 Å². The van der Waals surface area contributed by atoms with Gasteiger partial charge in [-0.3, -0.25) is 0 Å². The van der Waals surface area contributed by atoms with Gasteiger partial charge in [-0.2, -0.15) is 0 Å². The number of hydrogen-bond donors (Lipinski definition) is 0. The molecule has 0 radical (unpaired) electrons. The van der Waals surface area contributed by atoms with Crippen LogP contribution in [0.3, 0.4) is 0 Å². The molecule has 2 rings (SSSR count). The second kappa shape index (κ2) is 6.35. The van der Waals surface area contributed by atoms with Crippen LogP contribution in [0, 0.1) is 0 Å². The molecule has 98 valence electrons. The van der Waals surface area contributed by atoms with Crippen molar-refractivity contribution in [1.29, 1.82) is 0 Å². The minimum atomic E-state index is 0.397. The SMILES string of the molecule is C=C(c1ccccc1)c1cccc(C(C)COC)c1. The first-order chi connectivity index (χ1) is 9.22. The molecule has 0 saturated heterocycles. The molecule has 0 spiro atoms. The van der Waals surface area contributed by atoms with E-state index < -0.39 is 0 Å². The van der Waals surface area contributed by atoms with Gasteiger partial charge in [0.05, 0.1) is 6.61 Å². The minimum absolute atomic E-state index is 0.397.